The minimum Gasteiger partial charge on any atom is -0.748 e. The quantitative estimate of drug-likeness (QED) is 0.422. The first-order valence-corrected chi connectivity index (χ1v) is 5.45. The molecule has 0 aliphatic rings. The van der Waals surface area contributed by atoms with Gasteiger partial charge in [0.15, 0.2) is 0 Å². The van der Waals surface area contributed by atoms with Gasteiger partial charge in [-0.25, -0.2) is 16.8 Å². The van der Waals surface area contributed by atoms with Gasteiger partial charge in [0, 0.05) is 12.5 Å². The molecule has 0 aromatic rings. The zero-order valence-corrected chi connectivity index (χ0v) is 10.3. The molecule has 6 nitrogen and oxygen atoms in total. The molecule has 0 unspecified atom stereocenters. The molecule has 0 heterocycles. The summed E-state index contributed by atoms with van der Waals surface area (Å²) in [4.78, 5) is 0. The fourth-order valence-corrected chi connectivity index (χ4v) is 0. The van der Waals surface area contributed by atoms with Gasteiger partial charge in [0.25, 0.3) is 0 Å². The molecule has 9 heteroatoms. The Morgan fingerprint density at radius 1 is 0.769 bits per heavy atom. The molecule has 0 spiro atoms. The van der Waals surface area contributed by atoms with Crippen LogP contribution in [0.4, 0.5) is 0 Å². The smallest absolute Gasteiger partial charge is 0.748 e. The molecule has 0 bridgehead atoms. The summed E-state index contributed by atoms with van der Waals surface area (Å²) < 4.78 is 54.5. The van der Waals surface area contributed by atoms with E-state index >= 15 is 0 Å². The van der Waals surface area contributed by atoms with Crippen LogP contribution in [0, 0.1) is 0 Å². The Hall–Kier alpha value is 0.619. The Balaban J connectivity index is -0.0000000267. The van der Waals surface area contributed by atoms with Gasteiger partial charge in [0.2, 0.25) is 0 Å². The van der Waals surface area contributed by atoms with Gasteiger partial charge in [-0.05, 0) is 0 Å². The van der Waals surface area contributed by atoms with Gasteiger partial charge in [0.05, 0.1) is 20.2 Å². The van der Waals surface area contributed by atoms with Crippen molar-refractivity contribution >= 4 is 44.1 Å². The summed E-state index contributed by atoms with van der Waals surface area (Å²) in [7, 11) is -7.83. The van der Waals surface area contributed by atoms with E-state index in [1.807, 2.05) is 0 Å². The molecule has 0 fully saturated rings. The molecule has 0 aromatic heterocycles. The van der Waals surface area contributed by atoms with Crippen molar-refractivity contribution in [2.24, 2.45) is 0 Å². The van der Waals surface area contributed by atoms with Crippen LogP contribution in [0.1, 0.15) is 14.9 Å². The van der Waals surface area contributed by atoms with Crippen molar-refractivity contribution in [2.45, 2.75) is 14.9 Å². The predicted molar refractivity (Wildman–Crippen MR) is 50.5 cm³/mol. The number of rotatable bonds is 0. The average molecular weight is 341 g/mol. The molecule has 0 atom stereocenters. The minimum absolute atomic E-state index is 0. The Morgan fingerprint density at radius 2 is 0.769 bits per heavy atom. The van der Waals surface area contributed by atoms with Crippen LogP contribution < -0.4 is 0 Å². The second kappa shape index (κ2) is 10.7. The van der Waals surface area contributed by atoms with E-state index in [0.29, 0.717) is 12.5 Å². The van der Waals surface area contributed by atoms with E-state index in [9.17, 15) is 0 Å². The van der Waals surface area contributed by atoms with Crippen LogP contribution in [-0.4, -0.2) is 62.4 Å². The molecule has 0 saturated heterocycles. The molecule has 0 aliphatic heterocycles. The Labute approximate surface area is 97.2 Å². The second-order valence-corrected chi connectivity index (χ2v) is 4.22. The molecule has 0 aliphatic carbocycles. The average Bonchev–Trinajstić information content (AvgIpc) is 1.12. The first-order valence-electron chi connectivity index (χ1n) is 1.82. The van der Waals surface area contributed by atoms with E-state index in [-0.39, 0.29) is 38.8 Å². The van der Waals surface area contributed by atoms with Crippen molar-refractivity contribution in [2.75, 3.05) is 12.5 Å². The van der Waals surface area contributed by atoms with Crippen molar-refractivity contribution in [3.8, 4) is 0 Å². The van der Waals surface area contributed by atoms with Crippen LogP contribution in [0.25, 0.3) is 0 Å². The molecule has 0 N–H and O–H groups in total. The van der Waals surface area contributed by atoms with Gasteiger partial charge in [-0.15, -0.1) is 0 Å². The van der Waals surface area contributed by atoms with E-state index in [0.717, 1.165) is 0 Å². The van der Waals surface area contributed by atoms with Crippen molar-refractivity contribution in [3.05, 3.63) is 0 Å². The third-order valence-electron chi connectivity index (χ3n) is 0. The molecule has 2 radical (unpaired) electrons. The summed E-state index contributed by atoms with van der Waals surface area (Å²) in [5.41, 5.74) is 0. The first-order chi connectivity index (χ1) is 4.00. The Kier molecular flexibility index (Phi) is 24.0. The second-order valence-electron chi connectivity index (χ2n) is 1.41. The van der Waals surface area contributed by atoms with Crippen LogP contribution in [0.3, 0.4) is 0 Å². The van der Waals surface area contributed by atoms with Crippen LogP contribution in [-0.2, 0) is 20.2 Å². The molecule has 0 saturated carbocycles. The zero-order valence-electron chi connectivity index (χ0n) is 5.77. The van der Waals surface area contributed by atoms with Crippen LogP contribution >= 0.6 is 0 Å². The van der Waals surface area contributed by atoms with Gasteiger partial charge >= 0.3 is 23.9 Å². The van der Waals surface area contributed by atoms with E-state index in [4.69, 9.17) is 25.9 Å². The molecule has 82 valence electrons. The van der Waals surface area contributed by atoms with Crippen molar-refractivity contribution in [1.82, 2.24) is 0 Å². The van der Waals surface area contributed by atoms with E-state index in [1.165, 1.54) is 0 Å². The van der Waals surface area contributed by atoms with Gasteiger partial charge in [-0.1, -0.05) is 14.9 Å². The fourth-order valence-electron chi connectivity index (χ4n) is 0. The van der Waals surface area contributed by atoms with Crippen LogP contribution in [0.5, 0.6) is 0 Å². The van der Waals surface area contributed by atoms with Crippen molar-refractivity contribution in [3.63, 3.8) is 0 Å². The molecule has 0 rings (SSSR count). The fraction of sp³-hybridized carbons (Fsp3) is 1.00. The van der Waals surface area contributed by atoms with Crippen molar-refractivity contribution in [1.29, 1.82) is 0 Å². The summed E-state index contributed by atoms with van der Waals surface area (Å²) in [6, 6.07) is 0. The summed E-state index contributed by atoms with van der Waals surface area (Å²) in [6.07, 6.45) is 1.21. The Morgan fingerprint density at radius 3 is 0.769 bits per heavy atom. The maximum Gasteiger partial charge on any atom is 2.00 e. The summed E-state index contributed by atoms with van der Waals surface area (Å²) in [6.45, 7) is 0. The van der Waals surface area contributed by atoms with Crippen molar-refractivity contribution < 1.29 is 25.9 Å². The van der Waals surface area contributed by atoms with Crippen LogP contribution in [0.15, 0.2) is 0 Å². The molecular formula is C4H14O6S2Sn. The molecule has 13 heavy (non-hydrogen) atoms. The zero-order chi connectivity index (χ0) is 9.00. The summed E-state index contributed by atoms with van der Waals surface area (Å²) in [5, 5.41) is 0. The molecule has 0 amide bonds. The summed E-state index contributed by atoms with van der Waals surface area (Å²) >= 11 is 0. The standard InChI is InChI=1S/2CH4O3S.2CH4.Sn/c2*1-5(2,3)4;;;/h2*1H3,(H,2,3,4);2*1H4;/q;;;;+2/p-2. The first kappa shape index (κ1) is 29.2. The molecule has 0 aromatic carbocycles. The largest absolute Gasteiger partial charge is 2.00 e. The summed E-state index contributed by atoms with van der Waals surface area (Å²) in [5.74, 6) is 0. The van der Waals surface area contributed by atoms with Gasteiger partial charge in [-0.2, -0.15) is 0 Å². The SMILES string of the molecule is C.C.CS(=O)(=O)[O-].CS(=O)(=O)[O-].[Sn+2]. The molecular weight excluding hydrogens is 327 g/mol. The monoisotopic (exact) mass is 342 g/mol. The topological polar surface area (TPSA) is 114 Å². The van der Waals surface area contributed by atoms with E-state index in [1.54, 1.807) is 0 Å². The van der Waals surface area contributed by atoms with E-state index < -0.39 is 20.2 Å². The maximum absolute atomic E-state index is 9.08. The van der Waals surface area contributed by atoms with Gasteiger partial charge in [0.1, 0.15) is 0 Å². The Bertz CT molecular complexity index is 219. The van der Waals surface area contributed by atoms with Gasteiger partial charge < -0.3 is 9.11 Å². The predicted octanol–water partition coefficient (Wildman–Crippen LogP) is -0.786. The maximum atomic E-state index is 9.08. The normalized spacial score (nSPS) is 8.92. The third-order valence-corrected chi connectivity index (χ3v) is 0. The third kappa shape index (κ3) is 3720. The van der Waals surface area contributed by atoms with Gasteiger partial charge in [-0.3, -0.25) is 0 Å². The minimum atomic E-state index is -3.92. The van der Waals surface area contributed by atoms with E-state index in [2.05, 4.69) is 0 Å². The van der Waals surface area contributed by atoms with Crippen LogP contribution in [0.2, 0.25) is 0 Å². The number of hydrogen-bond donors (Lipinski definition) is 0. The number of hydrogen-bond acceptors (Lipinski definition) is 6.